The van der Waals surface area contributed by atoms with Gasteiger partial charge < -0.3 is 9.88 Å². The van der Waals surface area contributed by atoms with Crippen molar-refractivity contribution in [3.05, 3.63) is 87.8 Å². The van der Waals surface area contributed by atoms with Gasteiger partial charge in [-0.15, -0.1) is 0 Å². The van der Waals surface area contributed by atoms with E-state index in [9.17, 15) is 10.1 Å². The molecule has 0 saturated carbocycles. The van der Waals surface area contributed by atoms with Crippen LogP contribution in [0.1, 0.15) is 16.8 Å². The van der Waals surface area contributed by atoms with Gasteiger partial charge in [0.25, 0.3) is 5.56 Å². The topological polar surface area (TPSA) is 63.1 Å². The number of para-hydroxylation sites is 1. The molecule has 1 aliphatic rings. The third-order valence-corrected chi connectivity index (χ3v) is 5.44. The third-order valence-electron chi connectivity index (χ3n) is 5.44. The lowest BCUT2D eigenvalue weighted by Gasteiger charge is -2.37. The Kier molecular flexibility index (Phi) is 5.46. The highest BCUT2D eigenvalue weighted by atomic mass is 16.1. The molecule has 2 heterocycles. The van der Waals surface area contributed by atoms with Crippen molar-refractivity contribution in [2.24, 2.45) is 0 Å². The summed E-state index contributed by atoms with van der Waals surface area (Å²) in [6, 6.07) is 22.6. The van der Waals surface area contributed by atoms with Crippen molar-refractivity contribution in [1.29, 1.82) is 5.26 Å². The normalized spacial score (nSPS) is 14.6. The summed E-state index contributed by atoms with van der Waals surface area (Å²) in [4.78, 5) is 19.8. The molecule has 29 heavy (non-hydrogen) atoms. The summed E-state index contributed by atoms with van der Waals surface area (Å²) in [5, 5.41) is 9.54. The minimum absolute atomic E-state index is 0.172. The summed E-state index contributed by atoms with van der Waals surface area (Å²) in [7, 11) is 0. The van der Waals surface area contributed by atoms with E-state index < -0.39 is 0 Å². The second kappa shape index (κ2) is 8.34. The number of aromatic amines is 1. The Labute approximate surface area is 170 Å². The Balaban J connectivity index is 1.58. The second-order valence-corrected chi connectivity index (χ2v) is 7.45. The Hall–Kier alpha value is -3.36. The highest BCUT2D eigenvalue weighted by Gasteiger charge is 2.21. The number of nitriles is 1. The number of benzene rings is 2. The van der Waals surface area contributed by atoms with Crippen LogP contribution in [0.25, 0.3) is 11.1 Å². The zero-order valence-corrected chi connectivity index (χ0v) is 16.6. The van der Waals surface area contributed by atoms with Crippen LogP contribution in [-0.4, -0.2) is 36.1 Å². The Morgan fingerprint density at radius 2 is 1.66 bits per heavy atom. The molecule has 0 unspecified atom stereocenters. The van der Waals surface area contributed by atoms with Crippen molar-refractivity contribution in [2.75, 3.05) is 31.1 Å². The summed E-state index contributed by atoms with van der Waals surface area (Å²) in [5.41, 5.74) is 4.65. The number of hydrogen-bond donors (Lipinski definition) is 1. The molecule has 0 amide bonds. The van der Waals surface area contributed by atoms with Crippen molar-refractivity contribution in [2.45, 2.75) is 13.5 Å². The first-order valence-corrected chi connectivity index (χ1v) is 9.90. The number of hydrogen-bond acceptors (Lipinski definition) is 4. The van der Waals surface area contributed by atoms with Gasteiger partial charge in [-0.1, -0.05) is 48.5 Å². The third kappa shape index (κ3) is 4.08. The average Bonchev–Trinajstić information content (AvgIpc) is 2.75. The van der Waals surface area contributed by atoms with Gasteiger partial charge in [-0.25, -0.2) is 0 Å². The second-order valence-electron chi connectivity index (χ2n) is 7.45. The molecule has 0 radical (unpaired) electrons. The van der Waals surface area contributed by atoms with Crippen LogP contribution in [0, 0.1) is 18.3 Å². The smallest absolute Gasteiger partial charge is 0.266 e. The molecular formula is C24H24N4O. The van der Waals surface area contributed by atoms with E-state index in [-0.39, 0.29) is 11.1 Å². The number of piperazine rings is 1. The summed E-state index contributed by atoms with van der Waals surface area (Å²) in [6.45, 7) is 6.58. The van der Waals surface area contributed by atoms with Crippen LogP contribution in [0.5, 0.6) is 0 Å². The SMILES string of the molecule is Cc1cc(-c2ccccc2N2CCN(Cc3ccccc3)CC2)c(C#N)c(=O)[nH]1. The maximum absolute atomic E-state index is 12.3. The van der Waals surface area contributed by atoms with Crippen molar-refractivity contribution >= 4 is 5.69 Å². The highest BCUT2D eigenvalue weighted by Crippen LogP contribution is 2.32. The van der Waals surface area contributed by atoms with E-state index in [1.54, 1.807) is 0 Å². The lowest BCUT2D eigenvalue weighted by molar-refractivity contribution is 0.250. The van der Waals surface area contributed by atoms with Gasteiger partial charge in [0, 0.05) is 55.2 Å². The zero-order valence-electron chi connectivity index (χ0n) is 16.6. The molecule has 1 aliphatic heterocycles. The molecule has 5 nitrogen and oxygen atoms in total. The van der Waals surface area contributed by atoms with E-state index in [4.69, 9.17) is 0 Å². The monoisotopic (exact) mass is 384 g/mol. The minimum atomic E-state index is -0.329. The van der Waals surface area contributed by atoms with E-state index in [1.165, 1.54) is 5.56 Å². The van der Waals surface area contributed by atoms with E-state index in [2.05, 4.69) is 51.2 Å². The summed E-state index contributed by atoms with van der Waals surface area (Å²) < 4.78 is 0. The van der Waals surface area contributed by atoms with Crippen molar-refractivity contribution in [3.63, 3.8) is 0 Å². The van der Waals surface area contributed by atoms with E-state index >= 15 is 0 Å². The first kappa shape index (κ1) is 19.0. The number of nitrogens with one attached hydrogen (secondary N) is 1. The molecule has 5 heteroatoms. The Morgan fingerprint density at radius 3 is 2.38 bits per heavy atom. The molecule has 1 aromatic heterocycles. The maximum atomic E-state index is 12.3. The summed E-state index contributed by atoms with van der Waals surface area (Å²) in [5.74, 6) is 0. The molecule has 0 aliphatic carbocycles. The molecule has 1 saturated heterocycles. The summed E-state index contributed by atoms with van der Waals surface area (Å²) in [6.07, 6.45) is 0. The first-order valence-electron chi connectivity index (χ1n) is 9.90. The number of rotatable bonds is 4. The van der Waals surface area contributed by atoms with Crippen molar-refractivity contribution in [3.8, 4) is 17.2 Å². The van der Waals surface area contributed by atoms with Crippen LogP contribution in [0.15, 0.2) is 65.5 Å². The molecule has 0 bridgehead atoms. The van der Waals surface area contributed by atoms with Crippen LogP contribution in [0.4, 0.5) is 5.69 Å². The van der Waals surface area contributed by atoms with Gasteiger partial charge >= 0.3 is 0 Å². The van der Waals surface area contributed by atoms with Gasteiger partial charge in [-0.2, -0.15) is 5.26 Å². The molecule has 0 atom stereocenters. The van der Waals surface area contributed by atoms with Gasteiger partial charge in [-0.05, 0) is 24.6 Å². The summed E-state index contributed by atoms with van der Waals surface area (Å²) >= 11 is 0. The number of aromatic nitrogens is 1. The highest BCUT2D eigenvalue weighted by molar-refractivity contribution is 5.82. The largest absolute Gasteiger partial charge is 0.368 e. The van der Waals surface area contributed by atoms with Gasteiger partial charge in [0.15, 0.2) is 0 Å². The molecule has 3 aromatic rings. The molecule has 2 aromatic carbocycles. The lowest BCUT2D eigenvalue weighted by atomic mass is 9.98. The molecule has 4 rings (SSSR count). The predicted molar refractivity (Wildman–Crippen MR) is 116 cm³/mol. The number of nitrogens with zero attached hydrogens (tertiary/aromatic N) is 3. The van der Waals surface area contributed by atoms with E-state index in [0.717, 1.165) is 49.7 Å². The van der Waals surface area contributed by atoms with Crippen LogP contribution >= 0.6 is 0 Å². The molecule has 1 N–H and O–H groups in total. The number of aryl methyl sites for hydroxylation is 1. The molecule has 146 valence electrons. The maximum Gasteiger partial charge on any atom is 0.266 e. The molecule has 1 fully saturated rings. The molecule has 0 spiro atoms. The van der Waals surface area contributed by atoms with Crippen LogP contribution in [-0.2, 0) is 6.54 Å². The lowest BCUT2D eigenvalue weighted by Crippen LogP contribution is -2.46. The standard InChI is InChI=1S/C24H24N4O/c1-18-15-21(22(16-25)24(29)26-18)20-9-5-6-10-23(20)28-13-11-27(12-14-28)17-19-7-3-2-4-8-19/h2-10,15H,11-14,17H2,1H3,(H,26,29). The van der Waals surface area contributed by atoms with Gasteiger partial charge in [-0.3, -0.25) is 9.69 Å². The van der Waals surface area contributed by atoms with Crippen LogP contribution in [0.3, 0.4) is 0 Å². The first-order chi connectivity index (χ1) is 14.2. The Bertz CT molecular complexity index is 1090. The minimum Gasteiger partial charge on any atom is -0.368 e. The van der Waals surface area contributed by atoms with E-state index in [1.807, 2.05) is 37.3 Å². The number of anilines is 1. The van der Waals surface area contributed by atoms with E-state index in [0.29, 0.717) is 5.56 Å². The van der Waals surface area contributed by atoms with Crippen LogP contribution in [0.2, 0.25) is 0 Å². The molecular weight excluding hydrogens is 360 g/mol. The van der Waals surface area contributed by atoms with Crippen LogP contribution < -0.4 is 10.5 Å². The van der Waals surface area contributed by atoms with Gasteiger partial charge in [0.05, 0.1) is 0 Å². The quantitative estimate of drug-likeness (QED) is 0.747. The fraction of sp³-hybridized carbons (Fsp3) is 0.250. The van der Waals surface area contributed by atoms with Crippen molar-refractivity contribution in [1.82, 2.24) is 9.88 Å². The fourth-order valence-corrected chi connectivity index (χ4v) is 3.98. The average molecular weight is 384 g/mol. The number of pyridine rings is 1. The number of H-pyrrole nitrogens is 1. The fourth-order valence-electron chi connectivity index (χ4n) is 3.98. The Morgan fingerprint density at radius 1 is 0.966 bits per heavy atom. The van der Waals surface area contributed by atoms with Gasteiger partial charge in [0.1, 0.15) is 11.6 Å². The van der Waals surface area contributed by atoms with Gasteiger partial charge in [0.2, 0.25) is 0 Å². The van der Waals surface area contributed by atoms with Crippen molar-refractivity contribution < 1.29 is 0 Å². The zero-order chi connectivity index (χ0) is 20.2. The predicted octanol–water partition coefficient (Wildman–Crippen LogP) is 3.54.